The number of fused-ring (bicyclic) bond motifs is 1. The van der Waals surface area contributed by atoms with Crippen molar-refractivity contribution < 1.29 is 32.6 Å². The van der Waals surface area contributed by atoms with Gasteiger partial charge in [0.05, 0.1) is 35.3 Å². The molecule has 2 aliphatic rings. The SMILES string of the molecule is Cc1ccc(S(=O)(=O)Nc2ccc3c(c2)C(=O)N([C@H](C)CO)C[C@H](C)[C@H](CN(C)C(=O)NC2CCCCC2)OCCCC[C@@H](C)O3)cc1. The predicted octanol–water partition coefficient (Wildman–Crippen LogP) is 5.57. The first kappa shape index (κ1) is 37.5. The minimum absolute atomic E-state index is 0.108. The van der Waals surface area contributed by atoms with Crippen molar-refractivity contribution in [3.8, 4) is 5.75 Å². The highest BCUT2D eigenvalue weighted by Gasteiger charge is 2.31. The molecule has 0 radical (unpaired) electrons. The van der Waals surface area contributed by atoms with Crippen molar-refractivity contribution in [2.75, 3.05) is 38.1 Å². The second kappa shape index (κ2) is 17.3. The first-order valence-corrected chi connectivity index (χ1v) is 18.8. The number of aryl methyl sites for hydroxylation is 1. The van der Waals surface area contributed by atoms with E-state index in [0.717, 1.165) is 50.5 Å². The average molecular weight is 687 g/mol. The molecule has 0 spiro atoms. The van der Waals surface area contributed by atoms with Crippen LogP contribution in [-0.4, -0.2) is 92.9 Å². The lowest BCUT2D eigenvalue weighted by Crippen LogP contribution is -2.50. The Hall–Kier alpha value is -3.35. The number of aliphatic hydroxyl groups excluding tert-OH is 1. The maximum Gasteiger partial charge on any atom is 0.317 e. The van der Waals surface area contributed by atoms with Crippen molar-refractivity contribution >= 4 is 27.6 Å². The van der Waals surface area contributed by atoms with Crippen molar-refractivity contribution in [1.82, 2.24) is 15.1 Å². The van der Waals surface area contributed by atoms with Crippen LogP contribution >= 0.6 is 0 Å². The smallest absolute Gasteiger partial charge is 0.317 e. The van der Waals surface area contributed by atoms with E-state index >= 15 is 0 Å². The number of ether oxygens (including phenoxy) is 2. The van der Waals surface area contributed by atoms with Crippen molar-refractivity contribution in [3.63, 3.8) is 0 Å². The van der Waals surface area contributed by atoms with Gasteiger partial charge < -0.3 is 29.7 Å². The molecule has 11 nitrogen and oxygen atoms in total. The number of benzene rings is 2. The first-order valence-electron chi connectivity index (χ1n) is 17.3. The van der Waals surface area contributed by atoms with Crippen molar-refractivity contribution in [2.24, 2.45) is 5.92 Å². The number of hydrogen-bond donors (Lipinski definition) is 3. The highest BCUT2D eigenvalue weighted by Crippen LogP contribution is 2.30. The molecule has 1 fully saturated rings. The van der Waals surface area contributed by atoms with Gasteiger partial charge in [0.25, 0.3) is 15.9 Å². The lowest BCUT2D eigenvalue weighted by Gasteiger charge is -2.36. The lowest BCUT2D eigenvalue weighted by molar-refractivity contribution is -0.0123. The van der Waals surface area contributed by atoms with Gasteiger partial charge in [-0.3, -0.25) is 9.52 Å². The molecule has 4 rings (SSSR count). The van der Waals surface area contributed by atoms with Crippen molar-refractivity contribution in [1.29, 1.82) is 0 Å². The molecule has 48 heavy (non-hydrogen) atoms. The first-order chi connectivity index (χ1) is 22.9. The summed E-state index contributed by atoms with van der Waals surface area (Å²) in [6.45, 7) is 8.37. The summed E-state index contributed by atoms with van der Waals surface area (Å²) in [5.74, 6) is -0.263. The number of urea groups is 1. The molecular weight excluding hydrogens is 632 g/mol. The highest BCUT2D eigenvalue weighted by atomic mass is 32.2. The van der Waals surface area contributed by atoms with Gasteiger partial charge in [-0.25, -0.2) is 13.2 Å². The number of nitrogens with one attached hydrogen (secondary N) is 2. The Morgan fingerprint density at radius 3 is 2.42 bits per heavy atom. The normalized spacial score (nSPS) is 22.5. The van der Waals surface area contributed by atoms with Gasteiger partial charge in [0, 0.05) is 44.4 Å². The lowest BCUT2D eigenvalue weighted by atomic mass is 9.96. The van der Waals surface area contributed by atoms with Gasteiger partial charge in [-0.1, -0.05) is 43.9 Å². The number of carbonyl (C=O) groups excluding carboxylic acids is 2. The quantitative estimate of drug-likeness (QED) is 0.331. The summed E-state index contributed by atoms with van der Waals surface area (Å²) in [6.07, 6.45) is 7.21. The summed E-state index contributed by atoms with van der Waals surface area (Å²) in [6, 6.07) is 10.7. The fourth-order valence-electron chi connectivity index (χ4n) is 6.26. The molecule has 1 heterocycles. The molecule has 3 amide bonds. The third kappa shape index (κ3) is 10.3. The summed E-state index contributed by atoms with van der Waals surface area (Å²) in [5, 5.41) is 13.4. The van der Waals surface area contributed by atoms with Gasteiger partial charge in [0.15, 0.2) is 0 Å². The molecule has 1 aliphatic heterocycles. The predicted molar refractivity (Wildman–Crippen MR) is 187 cm³/mol. The fraction of sp³-hybridized carbons (Fsp3) is 0.611. The molecule has 1 aliphatic carbocycles. The van der Waals surface area contributed by atoms with E-state index in [1.165, 1.54) is 24.6 Å². The van der Waals surface area contributed by atoms with Gasteiger partial charge in [0.1, 0.15) is 5.75 Å². The number of hydrogen-bond acceptors (Lipinski definition) is 7. The summed E-state index contributed by atoms with van der Waals surface area (Å²) in [7, 11) is -2.15. The summed E-state index contributed by atoms with van der Waals surface area (Å²) >= 11 is 0. The topological polar surface area (TPSA) is 138 Å². The molecule has 4 atom stereocenters. The molecule has 1 saturated carbocycles. The Morgan fingerprint density at radius 1 is 1.04 bits per heavy atom. The number of carbonyl (C=O) groups is 2. The van der Waals surface area contributed by atoms with Gasteiger partial charge in [-0.15, -0.1) is 0 Å². The van der Waals surface area contributed by atoms with Crippen LogP contribution in [0.2, 0.25) is 0 Å². The minimum Gasteiger partial charge on any atom is -0.490 e. The van der Waals surface area contributed by atoms with Crippen molar-refractivity contribution in [3.05, 3.63) is 53.6 Å². The number of anilines is 1. The Labute approximate surface area is 286 Å². The van der Waals surface area contributed by atoms with Gasteiger partial charge in [-0.2, -0.15) is 0 Å². The molecule has 0 aromatic heterocycles. The summed E-state index contributed by atoms with van der Waals surface area (Å²) in [4.78, 5) is 30.9. The van der Waals surface area contributed by atoms with Gasteiger partial charge in [0.2, 0.25) is 0 Å². The Bertz CT molecular complexity index is 1460. The molecule has 12 heteroatoms. The van der Waals surface area contributed by atoms with E-state index in [-0.39, 0.29) is 59.5 Å². The highest BCUT2D eigenvalue weighted by molar-refractivity contribution is 7.92. The Morgan fingerprint density at radius 2 is 1.73 bits per heavy atom. The zero-order valence-corrected chi connectivity index (χ0v) is 29.9. The average Bonchev–Trinajstić information content (AvgIpc) is 3.06. The molecule has 0 unspecified atom stereocenters. The molecule has 3 N–H and O–H groups in total. The monoisotopic (exact) mass is 686 g/mol. The third-order valence-corrected chi connectivity index (χ3v) is 10.8. The zero-order valence-electron chi connectivity index (χ0n) is 29.1. The molecular formula is C36H54N4O7S. The second-order valence-electron chi connectivity index (χ2n) is 13.6. The Kier molecular flexibility index (Phi) is 13.5. The third-order valence-electron chi connectivity index (χ3n) is 9.37. The maximum absolute atomic E-state index is 14.4. The van der Waals surface area contributed by atoms with Gasteiger partial charge in [-0.05, 0) is 83.2 Å². The van der Waals surface area contributed by atoms with E-state index in [1.54, 1.807) is 48.0 Å². The zero-order chi connectivity index (χ0) is 34.8. The van der Waals surface area contributed by atoms with Crippen LogP contribution < -0.4 is 14.8 Å². The van der Waals surface area contributed by atoms with Crippen LogP contribution in [-0.2, 0) is 14.8 Å². The van der Waals surface area contributed by atoms with E-state index < -0.39 is 22.0 Å². The van der Waals surface area contributed by atoms with E-state index in [4.69, 9.17) is 9.47 Å². The van der Waals surface area contributed by atoms with Crippen molar-refractivity contribution in [2.45, 2.75) is 108 Å². The largest absolute Gasteiger partial charge is 0.490 e. The van der Waals surface area contributed by atoms with E-state index in [0.29, 0.717) is 18.9 Å². The summed E-state index contributed by atoms with van der Waals surface area (Å²) in [5.41, 5.74) is 1.35. The Balaban J connectivity index is 1.61. The molecule has 266 valence electrons. The van der Waals surface area contributed by atoms with Crippen LogP contribution in [0.25, 0.3) is 0 Å². The van der Waals surface area contributed by atoms with Crippen LogP contribution in [0, 0.1) is 12.8 Å². The van der Waals surface area contributed by atoms with E-state index in [9.17, 15) is 23.1 Å². The number of rotatable bonds is 8. The number of nitrogens with zero attached hydrogens (tertiary/aromatic N) is 2. The van der Waals surface area contributed by atoms with Gasteiger partial charge >= 0.3 is 6.03 Å². The minimum atomic E-state index is -3.92. The molecule has 0 bridgehead atoms. The van der Waals surface area contributed by atoms with Crippen LogP contribution in [0.3, 0.4) is 0 Å². The van der Waals surface area contributed by atoms with E-state index in [1.807, 2.05) is 20.8 Å². The number of amides is 3. The van der Waals surface area contributed by atoms with Crippen LogP contribution in [0.4, 0.5) is 10.5 Å². The van der Waals surface area contributed by atoms with Crippen LogP contribution in [0.5, 0.6) is 5.75 Å². The van der Waals surface area contributed by atoms with Crippen LogP contribution in [0.15, 0.2) is 47.4 Å². The second-order valence-corrected chi connectivity index (χ2v) is 15.3. The van der Waals surface area contributed by atoms with Crippen LogP contribution in [0.1, 0.15) is 88.1 Å². The number of sulfonamides is 1. The molecule has 2 aromatic rings. The number of likely N-dealkylation sites (N-methyl/N-ethyl adjacent to an activating group) is 1. The molecule has 2 aromatic carbocycles. The standard InChI is InChI=1S/C36H54N4O7S/c1-25-14-17-31(18-15-25)48(44,45)38-30-16-19-33-32(21-30)35(42)40(27(3)24-41)22-26(2)34(46-20-10-9-11-28(4)47-33)23-39(5)36(43)37-29-12-7-6-8-13-29/h14-19,21,26-29,34,38,41H,6-13,20,22-24H2,1-5H3,(H,37,43)/t26-,27+,28+,34-/m0/s1. The summed E-state index contributed by atoms with van der Waals surface area (Å²) < 4.78 is 41.7. The van der Waals surface area contributed by atoms with E-state index in [2.05, 4.69) is 10.0 Å². The molecule has 0 saturated heterocycles. The number of aliphatic hydroxyl groups is 1. The fourth-order valence-corrected chi connectivity index (χ4v) is 7.31. The maximum atomic E-state index is 14.4.